The van der Waals surface area contributed by atoms with Gasteiger partial charge in [0.05, 0.1) is 11.6 Å². The Morgan fingerprint density at radius 2 is 1.88 bits per heavy atom. The highest BCUT2D eigenvalue weighted by atomic mass is 79.9. The van der Waals surface area contributed by atoms with E-state index in [1.807, 2.05) is 43.3 Å². The molecule has 122 valence electrons. The second-order valence-electron chi connectivity index (χ2n) is 5.21. The van der Waals surface area contributed by atoms with Crippen LogP contribution < -0.4 is 4.74 Å². The van der Waals surface area contributed by atoms with Crippen LogP contribution >= 0.6 is 31.9 Å². The zero-order chi connectivity index (χ0) is 17.3. The van der Waals surface area contributed by atoms with Gasteiger partial charge in [0.1, 0.15) is 5.75 Å². The van der Waals surface area contributed by atoms with E-state index in [9.17, 15) is 4.79 Å². The third-order valence-electron chi connectivity index (χ3n) is 3.45. The topological polar surface area (TPSA) is 47.9 Å². The van der Waals surface area contributed by atoms with Crippen molar-refractivity contribution in [3.63, 3.8) is 0 Å². The summed E-state index contributed by atoms with van der Waals surface area (Å²) in [6, 6.07) is 11.4. The maximum atomic E-state index is 12.1. The number of methoxy groups -OCH3 is 1. The molecule has 1 heterocycles. The highest BCUT2D eigenvalue weighted by Gasteiger charge is 2.24. The quantitative estimate of drug-likeness (QED) is 0.494. The number of halogens is 2. The Kier molecular flexibility index (Phi) is 4.87. The summed E-state index contributed by atoms with van der Waals surface area (Å²) in [7, 11) is 1.57. The molecule has 0 radical (unpaired) electrons. The lowest BCUT2D eigenvalue weighted by Crippen LogP contribution is -2.05. The van der Waals surface area contributed by atoms with Crippen LogP contribution in [0.1, 0.15) is 16.7 Å². The molecule has 24 heavy (non-hydrogen) atoms. The number of hydrogen-bond acceptors (Lipinski definition) is 4. The van der Waals surface area contributed by atoms with Crippen LogP contribution in [0.2, 0.25) is 0 Å². The van der Waals surface area contributed by atoms with Gasteiger partial charge >= 0.3 is 5.97 Å². The molecule has 0 N–H and O–H groups in total. The van der Waals surface area contributed by atoms with Crippen LogP contribution in [0.4, 0.5) is 0 Å². The van der Waals surface area contributed by atoms with Gasteiger partial charge in [-0.1, -0.05) is 33.6 Å². The van der Waals surface area contributed by atoms with Crippen molar-refractivity contribution in [2.24, 2.45) is 4.99 Å². The Morgan fingerprint density at radius 3 is 2.54 bits per heavy atom. The van der Waals surface area contributed by atoms with Gasteiger partial charge in [-0.3, -0.25) is 0 Å². The van der Waals surface area contributed by atoms with E-state index in [0.717, 1.165) is 25.6 Å². The van der Waals surface area contributed by atoms with Crippen LogP contribution in [0.3, 0.4) is 0 Å². The van der Waals surface area contributed by atoms with Gasteiger partial charge in [-0.15, -0.1) is 0 Å². The van der Waals surface area contributed by atoms with Gasteiger partial charge in [0.15, 0.2) is 5.70 Å². The van der Waals surface area contributed by atoms with Crippen molar-refractivity contribution in [3.8, 4) is 5.75 Å². The molecule has 0 saturated carbocycles. The van der Waals surface area contributed by atoms with Crippen molar-refractivity contribution in [3.05, 3.63) is 67.7 Å². The predicted octanol–water partition coefficient (Wildman–Crippen LogP) is 4.87. The minimum absolute atomic E-state index is 0.230. The van der Waals surface area contributed by atoms with Gasteiger partial charge in [-0.2, -0.15) is 0 Å². The Bertz CT molecular complexity index is 871. The maximum Gasteiger partial charge on any atom is 0.363 e. The van der Waals surface area contributed by atoms with Crippen LogP contribution in [0, 0.1) is 6.92 Å². The second kappa shape index (κ2) is 6.91. The Balaban J connectivity index is 2.02. The molecule has 0 saturated heterocycles. The van der Waals surface area contributed by atoms with E-state index in [0.29, 0.717) is 11.6 Å². The zero-order valence-electron chi connectivity index (χ0n) is 13.0. The Morgan fingerprint density at radius 1 is 1.17 bits per heavy atom. The number of cyclic esters (lactones) is 1. The summed E-state index contributed by atoms with van der Waals surface area (Å²) in [5, 5.41) is 0. The second-order valence-corrected chi connectivity index (χ2v) is 6.98. The monoisotopic (exact) mass is 449 g/mol. The molecule has 2 aromatic rings. The molecular weight excluding hydrogens is 438 g/mol. The van der Waals surface area contributed by atoms with Gasteiger partial charge in [0.25, 0.3) is 0 Å². The fraction of sp³-hybridized carbons (Fsp3) is 0.111. The summed E-state index contributed by atoms with van der Waals surface area (Å²) in [5.74, 6) is 0.445. The van der Waals surface area contributed by atoms with E-state index >= 15 is 0 Å². The first kappa shape index (κ1) is 16.9. The fourth-order valence-electron chi connectivity index (χ4n) is 2.28. The highest BCUT2D eigenvalue weighted by molar-refractivity contribution is 9.11. The third kappa shape index (κ3) is 3.44. The number of ether oxygens (including phenoxy) is 2. The smallest absolute Gasteiger partial charge is 0.363 e. The average molecular weight is 451 g/mol. The maximum absolute atomic E-state index is 12.1. The van der Waals surface area contributed by atoms with E-state index in [1.165, 1.54) is 0 Å². The van der Waals surface area contributed by atoms with Crippen molar-refractivity contribution in [2.45, 2.75) is 6.92 Å². The minimum atomic E-state index is -0.483. The molecule has 3 rings (SSSR count). The van der Waals surface area contributed by atoms with E-state index in [4.69, 9.17) is 9.47 Å². The first-order valence-electron chi connectivity index (χ1n) is 7.10. The molecule has 2 aromatic carbocycles. The molecule has 0 amide bonds. The molecule has 4 nitrogen and oxygen atoms in total. The molecular formula is C18H13Br2NO3. The van der Waals surface area contributed by atoms with E-state index in [-0.39, 0.29) is 5.70 Å². The predicted molar refractivity (Wildman–Crippen MR) is 100 cm³/mol. The van der Waals surface area contributed by atoms with Crippen LogP contribution in [0.15, 0.2) is 56.0 Å². The summed E-state index contributed by atoms with van der Waals surface area (Å²) < 4.78 is 12.3. The van der Waals surface area contributed by atoms with E-state index < -0.39 is 5.97 Å². The van der Waals surface area contributed by atoms with Crippen molar-refractivity contribution in [2.75, 3.05) is 7.11 Å². The van der Waals surface area contributed by atoms with Crippen LogP contribution in [-0.2, 0) is 9.53 Å². The van der Waals surface area contributed by atoms with Gasteiger partial charge < -0.3 is 9.47 Å². The van der Waals surface area contributed by atoms with Gasteiger partial charge in [-0.05, 0) is 53.2 Å². The summed E-state index contributed by atoms with van der Waals surface area (Å²) in [4.78, 5) is 16.4. The van der Waals surface area contributed by atoms with Crippen molar-refractivity contribution >= 4 is 49.8 Å². The Hall–Kier alpha value is -1.92. The van der Waals surface area contributed by atoms with Gasteiger partial charge in [0, 0.05) is 15.6 Å². The highest BCUT2D eigenvalue weighted by Crippen LogP contribution is 2.34. The summed E-state index contributed by atoms with van der Waals surface area (Å²) >= 11 is 6.87. The fourth-order valence-corrected chi connectivity index (χ4v) is 3.70. The van der Waals surface area contributed by atoms with Crippen LogP contribution in [0.5, 0.6) is 5.75 Å². The van der Waals surface area contributed by atoms with Crippen molar-refractivity contribution in [1.82, 2.24) is 0 Å². The third-order valence-corrected chi connectivity index (χ3v) is 4.50. The van der Waals surface area contributed by atoms with E-state index in [2.05, 4.69) is 36.9 Å². The SMILES string of the molecule is COc1c(Br)cc(Br)cc1/C=C1\N=C(c2ccc(C)cc2)OC1=O. The number of carbonyl (C=O) groups excluding carboxylic acids is 1. The molecule has 1 aliphatic heterocycles. The van der Waals surface area contributed by atoms with Crippen LogP contribution in [-0.4, -0.2) is 19.0 Å². The van der Waals surface area contributed by atoms with Crippen molar-refractivity contribution in [1.29, 1.82) is 0 Å². The molecule has 1 aliphatic rings. The first-order chi connectivity index (χ1) is 11.5. The largest absolute Gasteiger partial charge is 0.495 e. The standard InChI is InChI=1S/C18H13Br2NO3/c1-10-3-5-11(6-4-10)17-21-15(18(22)24-17)8-12-7-13(19)9-14(20)16(12)23-2/h3-9H,1-2H3/b15-8-. The molecule has 0 bridgehead atoms. The number of esters is 1. The van der Waals surface area contributed by atoms with E-state index in [1.54, 1.807) is 13.2 Å². The number of nitrogens with zero attached hydrogens (tertiary/aromatic N) is 1. The van der Waals surface area contributed by atoms with Gasteiger partial charge in [-0.25, -0.2) is 9.79 Å². The Labute approximate surface area is 156 Å². The summed E-state index contributed by atoms with van der Waals surface area (Å²) in [6.45, 7) is 2.00. The molecule has 0 fully saturated rings. The molecule has 0 aromatic heterocycles. The molecule has 0 unspecified atom stereocenters. The molecule has 0 spiro atoms. The number of aryl methyl sites for hydroxylation is 1. The van der Waals surface area contributed by atoms with Crippen molar-refractivity contribution < 1.29 is 14.3 Å². The molecule has 0 aliphatic carbocycles. The summed E-state index contributed by atoms with van der Waals surface area (Å²) in [6.07, 6.45) is 1.65. The minimum Gasteiger partial charge on any atom is -0.495 e. The van der Waals surface area contributed by atoms with Gasteiger partial charge in [0.2, 0.25) is 5.90 Å². The summed E-state index contributed by atoms with van der Waals surface area (Å²) in [5.41, 5.74) is 2.84. The normalized spacial score (nSPS) is 15.4. The lowest BCUT2D eigenvalue weighted by atomic mass is 10.1. The van der Waals surface area contributed by atoms with Crippen LogP contribution in [0.25, 0.3) is 6.08 Å². The number of hydrogen-bond donors (Lipinski definition) is 0. The molecule has 6 heteroatoms. The lowest BCUT2D eigenvalue weighted by Gasteiger charge is -2.08. The number of aliphatic imine (C=N–C) groups is 1. The number of carbonyl (C=O) groups is 1. The first-order valence-corrected chi connectivity index (χ1v) is 8.69. The zero-order valence-corrected chi connectivity index (χ0v) is 16.1. The average Bonchev–Trinajstić information content (AvgIpc) is 2.88. The molecule has 0 atom stereocenters. The number of benzene rings is 2. The number of rotatable bonds is 3. The lowest BCUT2D eigenvalue weighted by molar-refractivity contribution is -0.129.